The van der Waals surface area contributed by atoms with Gasteiger partial charge in [0.1, 0.15) is 34.1 Å². The maximum Gasteiger partial charge on any atom is 0.409 e. The Kier molecular flexibility index (Phi) is 5.87. The van der Waals surface area contributed by atoms with E-state index < -0.39 is 11.7 Å². The SMILES string of the molecule is COc1cc(C(=O)N2CCC3(CC2)CC(=O)c2cc(NC(=O)O)ccc2O3)nc2c(OC)cccc12. The van der Waals surface area contributed by atoms with Gasteiger partial charge in [-0.3, -0.25) is 14.9 Å². The second-order valence-electron chi connectivity index (χ2n) is 8.88. The number of carboxylic acid groups (broad SMARTS) is 1. The molecule has 1 fully saturated rings. The first-order valence-electron chi connectivity index (χ1n) is 11.5. The first-order valence-corrected chi connectivity index (χ1v) is 11.5. The summed E-state index contributed by atoms with van der Waals surface area (Å²) in [7, 11) is 3.09. The van der Waals surface area contributed by atoms with Gasteiger partial charge in [-0.1, -0.05) is 6.07 Å². The number of fused-ring (bicyclic) bond motifs is 2. The summed E-state index contributed by atoms with van der Waals surface area (Å²) in [5.41, 5.74) is 0.756. The number of likely N-dealkylation sites (tertiary alicyclic amines) is 1. The summed E-state index contributed by atoms with van der Waals surface area (Å²) in [6, 6.07) is 11.8. The van der Waals surface area contributed by atoms with E-state index in [0.717, 1.165) is 5.39 Å². The third-order valence-electron chi connectivity index (χ3n) is 6.73. The predicted octanol–water partition coefficient (Wildman–Crippen LogP) is 3.98. The van der Waals surface area contributed by atoms with Gasteiger partial charge in [0.05, 0.1) is 26.2 Å². The van der Waals surface area contributed by atoms with Crippen molar-refractivity contribution in [2.75, 3.05) is 32.6 Å². The summed E-state index contributed by atoms with van der Waals surface area (Å²) < 4.78 is 17.2. The first-order chi connectivity index (χ1) is 17.3. The zero-order valence-electron chi connectivity index (χ0n) is 19.9. The number of benzene rings is 2. The van der Waals surface area contributed by atoms with Gasteiger partial charge < -0.3 is 24.2 Å². The summed E-state index contributed by atoms with van der Waals surface area (Å²) in [5, 5.41) is 11.9. The summed E-state index contributed by atoms with van der Waals surface area (Å²) >= 11 is 0. The van der Waals surface area contributed by atoms with Crippen molar-refractivity contribution in [3.63, 3.8) is 0 Å². The number of carbonyl (C=O) groups excluding carboxylic acids is 2. The Morgan fingerprint density at radius 1 is 1.08 bits per heavy atom. The van der Waals surface area contributed by atoms with Crippen LogP contribution in [-0.4, -0.2) is 65.7 Å². The summed E-state index contributed by atoms with van der Waals surface area (Å²) in [4.78, 5) is 43.5. The lowest BCUT2D eigenvalue weighted by atomic mass is 9.82. The lowest BCUT2D eigenvalue weighted by molar-refractivity contribution is -0.00584. The fraction of sp³-hybridized carbons (Fsp3) is 0.308. The van der Waals surface area contributed by atoms with Crippen molar-refractivity contribution in [1.82, 2.24) is 9.88 Å². The van der Waals surface area contributed by atoms with Crippen molar-refractivity contribution in [2.45, 2.75) is 24.9 Å². The Morgan fingerprint density at radius 2 is 1.83 bits per heavy atom. The minimum Gasteiger partial charge on any atom is -0.496 e. The standard InChI is InChI=1S/C26H25N3O7/c1-34-21-5-3-4-16-22(35-2)13-18(28-23(16)21)24(31)29-10-8-26(9-11-29)14-19(30)17-12-15(27-25(32)33)6-7-20(17)36-26/h3-7,12-13,27H,8-11,14H2,1-2H3,(H,32,33). The van der Waals surface area contributed by atoms with Gasteiger partial charge in [0.15, 0.2) is 5.78 Å². The number of ketones is 1. The molecule has 0 saturated carbocycles. The number of rotatable bonds is 4. The molecule has 3 heterocycles. The van der Waals surface area contributed by atoms with E-state index in [-0.39, 0.29) is 23.8 Å². The number of anilines is 1. The van der Waals surface area contributed by atoms with Gasteiger partial charge in [-0.15, -0.1) is 0 Å². The Hall–Kier alpha value is -4.34. The number of ether oxygens (including phenoxy) is 3. The van der Waals surface area contributed by atoms with Crippen molar-refractivity contribution in [2.24, 2.45) is 0 Å². The van der Waals surface area contributed by atoms with Crippen LogP contribution >= 0.6 is 0 Å². The van der Waals surface area contributed by atoms with E-state index in [4.69, 9.17) is 19.3 Å². The van der Waals surface area contributed by atoms with E-state index in [1.54, 1.807) is 43.4 Å². The lowest BCUT2D eigenvalue weighted by Crippen LogP contribution is -2.52. The molecule has 0 radical (unpaired) electrons. The predicted molar refractivity (Wildman–Crippen MR) is 130 cm³/mol. The molecule has 1 aromatic heterocycles. The zero-order valence-corrected chi connectivity index (χ0v) is 19.9. The molecule has 1 spiro atoms. The molecule has 5 rings (SSSR count). The van der Waals surface area contributed by atoms with Crippen LogP contribution in [0.5, 0.6) is 17.2 Å². The Bertz CT molecular complexity index is 1380. The van der Waals surface area contributed by atoms with Crippen LogP contribution in [0.15, 0.2) is 42.5 Å². The minimum atomic E-state index is -1.20. The highest BCUT2D eigenvalue weighted by Gasteiger charge is 2.44. The third kappa shape index (κ3) is 4.15. The van der Waals surface area contributed by atoms with Gasteiger partial charge in [-0.2, -0.15) is 0 Å². The number of hydrogen-bond acceptors (Lipinski definition) is 7. The van der Waals surface area contributed by atoms with Crippen LogP contribution in [-0.2, 0) is 0 Å². The number of methoxy groups -OCH3 is 2. The van der Waals surface area contributed by atoms with Crippen LogP contribution in [0.1, 0.15) is 40.1 Å². The fourth-order valence-electron chi connectivity index (χ4n) is 4.89. The smallest absolute Gasteiger partial charge is 0.409 e. The minimum absolute atomic E-state index is 0.113. The number of carbonyl (C=O) groups is 3. The van der Waals surface area contributed by atoms with Crippen molar-refractivity contribution < 1.29 is 33.7 Å². The molecule has 0 bridgehead atoms. The molecular weight excluding hydrogens is 466 g/mol. The molecule has 36 heavy (non-hydrogen) atoms. The Balaban J connectivity index is 1.34. The number of piperidine rings is 1. The highest BCUT2D eigenvalue weighted by atomic mass is 16.5. The number of Topliss-reactive ketones (excluding diaryl/α,β-unsaturated/α-hetero) is 1. The number of pyridine rings is 1. The van der Waals surface area contributed by atoms with Crippen molar-refractivity contribution in [3.8, 4) is 17.2 Å². The summed E-state index contributed by atoms with van der Waals surface area (Å²) in [6.07, 6.45) is -0.0811. The average Bonchev–Trinajstić information content (AvgIpc) is 2.87. The van der Waals surface area contributed by atoms with Crippen LogP contribution in [0.4, 0.5) is 10.5 Å². The van der Waals surface area contributed by atoms with Crippen LogP contribution in [0, 0.1) is 0 Å². The van der Waals surface area contributed by atoms with Crippen molar-refractivity contribution in [1.29, 1.82) is 0 Å². The fourth-order valence-corrected chi connectivity index (χ4v) is 4.89. The van der Waals surface area contributed by atoms with Gasteiger partial charge in [-0.25, -0.2) is 9.78 Å². The van der Waals surface area contributed by atoms with E-state index in [1.165, 1.54) is 6.07 Å². The van der Waals surface area contributed by atoms with Crippen LogP contribution < -0.4 is 19.5 Å². The largest absolute Gasteiger partial charge is 0.496 e. The van der Waals surface area contributed by atoms with E-state index in [0.29, 0.717) is 59.9 Å². The van der Waals surface area contributed by atoms with Gasteiger partial charge in [-0.05, 0) is 30.3 Å². The second kappa shape index (κ2) is 9.03. The molecule has 2 aliphatic heterocycles. The highest BCUT2D eigenvalue weighted by molar-refractivity contribution is 6.02. The zero-order chi connectivity index (χ0) is 25.4. The molecule has 2 aromatic carbocycles. The van der Waals surface area contributed by atoms with Gasteiger partial charge in [0, 0.05) is 43.1 Å². The Morgan fingerprint density at radius 3 is 2.53 bits per heavy atom. The van der Waals surface area contributed by atoms with Crippen LogP contribution in [0.3, 0.4) is 0 Å². The number of hydrogen-bond donors (Lipinski definition) is 2. The molecule has 10 nitrogen and oxygen atoms in total. The van der Waals surface area contributed by atoms with Gasteiger partial charge in [0.2, 0.25) is 0 Å². The molecule has 10 heteroatoms. The van der Waals surface area contributed by atoms with Crippen LogP contribution in [0.2, 0.25) is 0 Å². The highest BCUT2D eigenvalue weighted by Crippen LogP contribution is 2.40. The molecule has 0 atom stereocenters. The normalized spacial score (nSPS) is 16.3. The molecule has 2 N–H and O–H groups in total. The third-order valence-corrected chi connectivity index (χ3v) is 6.73. The first kappa shape index (κ1) is 23.4. The molecule has 0 aliphatic carbocycles. The van der Waals surface area contributed by atoms with Crippen LogP contribution in [0.25, 0.3) is 10.9 Å². The number of para-hydroxylation sites is 1. The topological polar surface area (TPSA) is 127 Å². The van der Waals surface area contributed by atoms with E-state index in [9.17, 15) is 14.4 Å². The van der Waals surface area contributed by atoms with Crippen molar-refractivity contribution in [3.05, 3.63) is 53.7 Å². The summed E-state index contributed by atoms with van der Waals surface area (Å²) in [5.74, 6) is 1.16. The lowest BCUT2D eigenvalue weighted by Gasteiger charge is -2.43. The van der Waals surface area contributed by atoms with Gasteiger partial charge in [0.25, 0.3) is 5.91 Å². The molecule has 2 aliphatic rings. The second-order valence-corrected chi connectivity index (χ2v) is 8.88. The molecule has 186 valence electrons. The number of nitrogens with zero attached hydrogens (tertiary/aromatic N) is 2. The molecular formula is C26H25N3O7. The molecule has 0 unspecified atom stereocenters. The number of aromatic nitrogens is 1. The number of nitrogens with one attached hydrogen (secondary N) is 1. The average molecular weight is 492 g/mol. The molecule has 2 amide bonds. The molecule has 3 aromatic rings. The van der Waals surface area contributed by atoms with Crippen molar-refractivity contribution >= 4 is 34.4 Å². The van der Waals surface area contributed by atoms with E-state index in [2.05, 4.69) is 10.3 Å². The Labute approximate surface area is 206 Å². The maximum absolute atomic E-state index is 13.4. The van der Waals surface area contributed by atoms with E-state index in [1.807, 2.05) is 12.1 Å². The monoisotopic (exact) mass is 491 g/mol. The molecule has 1 saturated heterocycles. The van der Waals surface area contributed by atoms with E-state index >= 15 is 0 Å². The quantitative estimate of drug-likeness (QED) is 0.561. The summed E-state index contributed by atoms with van der Waals surface area (Å²) in [6.45, 7) is 0.794. The number of amides is 2. The van der Waals surface area contributed by atoms with Gasteiger partial charge >= 0.3 is 6.09 Å². The maximum atomic E-state index is 13.4.